The third-order valence-corrected chi connectivity index (χ3v) is 3.11. The molecule has 1 aliphatic rings. The van der Waals surface area contributed by atoms with Gasteiger partial charge < -0.3 is 14.4 Å². The van der Waals surface area contributed by atoms with Gasteiger partial charge in [-0.1, -0.05) is 0 Å². The summed E-state index contributed by atoms with van der Waals surface area (Å²) in [5, 5.41) is 0. The number of aliphatic imine (C=N–C) groups is 1. The lowest BCUT2D eigenvalue weighted by atomic mass is 10.00. The minimum absolute atomic E-state index is 0.0955. The first kappa shape index (κ1) is 15.2. The number of methoxy groups -OCH3 is 1. The number of hydrazine groups is 1. The molecule has 3 N–H and O–H groups in total. The van der Waals surface area contributed by atoms with Crippen molar-refractivity contribution in [2.75, 3.05) is 40.5 Å². The third kappa shape index (κ3) is 5.20. The molecular weight excluding hydrogens is 232 g/mol. The Labute approximate surface area is 109 Å². The molecule has 0 aromatic carbocycles. The first-order chi connectivity index (χ1) is 8.67. The van der Waals surface area contributed by atoms with E-state index in [1.165, 1.54) is 0 Å². The monoisotopic (exact) mass is 258 g/mol. The zero-order valence-corrected chi connectivity index (χ0v) is 11.7. The molecule has 0 radical (unpaired) electrons. The molecule has 0 bridgehead atoms. The highest BCUT2D eigenvalue weighted by Crippen LogP contribution is 2.15. The van der Waals surface area contributed by atoms with Gasteiger partial charge in [0.15, 0.2) is 0 Å². The summed E-state index contributed by atoms with van der Waals surface area (Å²) in [6.07, 6.45) is 2.21. The van der Waals surface area contributed by atoms with E-state index < -0.39 is 0 Å². The molecule has 0 saturated carbocycles. The Hall–Kier alpha value is -0.850. The Morgan fingerprint density at radius 3 is 2.78 bits per heavy atom. The van der Waals surface area contributed by atoms with Gasteiger partial charge in [0.25, 0.3) is 0 Å². The predicted molar refractivity (Wildman–Crippen MR) is 72.3 cm³/mol. The molecule has 6 nitrogen and oxygen atoms in total. The number of rotatable bonds is 5. The second-order valence-electron chi connectivity index (χ2n) is 4.84. The summed E-state index contributed by atoms with van der Waals surface area (Å²) >= 11 is 0. The zero-order chi connectivity index (χ0) is 13.4. The Bertz CT molecular complexity index is 254. The topological polar surface area (TPSA) is 72.1 Å². The zero-order valence-electron chi connectivity index (χ0n) is 11.7. The van der Waals surface area contributed by atoms with Gasteiger partial charge in [-0.25, -0.2) is 10.8 Å². The van der Waals surface area contributed by atoms with Gasteiger partial charge >= 0.3 is 0 Å². The molecule has 1 fully saturated rings. The number of nitrogens with one attached hydrogen (secondary N) is 1. The Balaban J connectivity index is 2.47. The maximum Gasteiger partial charge on any atom is 0.208 e. The van der Waals surface area contributed by atoms with E-state index >= 15 is 0 Å². The summed E-state index contributed by atoms with van der Waals surface area (Å²) in [5.74, 6) is 6.90. The molecular formula is C12H26N4O2. The first-order valence-electron chi connectivity index (χ1n) is 6.49. The Morgan fingerprint density at radius 2 is 2.22 bits per heavy atom. The largest absolute Gasteiger partial charge is 0.382 e. The first-order valence-corrected chi connectivity index (χ1v) is 6.49. The number of hydrogen-bond acceptors (Lipinski definition) is 4. The summed E-state index contributed by atoms with van der Waals surface area (Å²) in [6, 6.07) is 0.0955. The minimum atomic E-state index is 0.0955. The maximum absolute atomic E-state index is 5.54. The van der Waals surface area contributed by atoms with Crippen LogP contribution in [0.25, 0.3) is 0 Å². The van der Waals surface area contributed by atoms with Gasteiger partial charge in [-0.15, -0.1) is 0 Å². The normalized spacial score (nSPS) is 19.7. The smallest absolute Gasteiger partial charge is 0.208 e. The van der Waals surface area contributed by atoms with Crippen molar-refractivity contribution in [1.82, 2.24) is 10.3 Å². The van der Waals surface area contributed by atoms with E-state index in [1.54, 1.807) is 7.11 Å². The minimum Gasteiger partial charge on any atom is -0.382 e. The van der Waals surface area contributed by atoms with E-state index in [9.17, 15) is 0 Å². The average molecular weight is 258 g/mol. The highest BCUT2D eigenvalue weighted by molar-refractivity contribution is 5.79. The van der Waals surface area contributed by atoms with Gasteiger partial charge in [0.1, 0.15) is 0 Å². The van der Waals surface area contributed by atoms with Crippen LogP contribution in [0.3, 0.4) is 0 Å². The molecule has 1 saturated heterocycles. The molecule has 1 rings (SSSR count). The van der Waals surface area contributed by atoms with Crippen molar-refractivity contribution in [3.05, 3.63) is 0 Å². The second-order valence-corrected chi connectivity index (χ2v) is 4.84. The van der Waals surface area contributed by atoms with Crippen LogP contribution in [-0.4, -0.2) is 57.4 Å². The number of hydrogen-bond donors (Lipinski definition) is 2. The molecule has 1 unspecified atom stereocenters. The molecule has 18 heavy (non-hydrogen) atoms. The van der Waals surface area contributed by atoms with Crippen LogP contribution in [0.4, 0.5) is 0 Å². The van der Waals surface area contributed by atoms with Crippen LogP contribution < -0.4 is 11.3 Å². The maximum atomic E-state index is 5.54. The van der Waals surface area contributed by atoms with Crippen molar-refractivity contribution < 1.29 is 9.47 Å². The molecule has 0 aliphatic carbocycles. The van der Waals surface area contributed by atoms with Crippen molar-refractivity contribution in [3.8, 4) is 0 Å². The second kappa shape index (κ2) is 8.29. The number of ether oxygens (including phenoxy) is 2. The molecule has 106 valence electrons. The number of nitrogens with two attached hydrogens (primary N) is 1. The Morgan fingerprint density at radius 1 is 1.56 bits per heavy atom. The van der Waals surface area contributed by atoms with Crippen molar-refractivity contribution in [2.45, 2.75) is 25.8 Å². The van der Waals surface area contributed by atoms with E-state index in [4.69, 9.17) is 15.3 Å². The van der Waals surface area contributed by atoms with Gasteiger partial charge in [-0.05, 0) is 25.7 Å². The highest BCUT2D eigenvalue weighted by Gasteiger charge is 2.17. The molecule has 1 atom stereocenters. The number of nitrogens with zero attached hydrogens (tertiary/aromatic N) is 2. The Kier molecular flexibility index (Phi) is 7.00. The van der Waals surface area contributed by atoms with Crippen LogP contribution in [-0.2, 0) is 9.47 Å². The van der Waals surface area contributed by atoms with Crippen molar-refractivity contribution in [3.63, 3.8) is 0 Å². The summed E-state index contributed by atoms with van der Waals surface area (Å²) in [4.78, 5) is 6.57. The third-order valence-electron chi connectivity index (χ3n) is 3.11. The van der Waals surface area contributed by atoms with Crippen LogP contribution in [0.15, 0.2) is 4.99 Å². The van der Waals surface area contributed by atoms with Crippen LogP contribution in [0.5, 0.6) is 0 Å². The lowest BCUT2D eigenvalue weighted by Gasteiger charge is -2.29. The summed E-state index contributed by atoms with van der Waals surface area (Å²) in [5.41, 5.74) is 2.67. The SMILES string of the molecule is COCC(C)N=C(NN)N(C)CC1CCOCC1. The van der Waals surface area contributed by atoms with Crippen LogP contribution in [0.1, 0.15) is 19.8 Å². The molecule has 0 amide bonds. The van der Waals surface area contributed by atoms with Crippen molar-refractivity contribution >= 4 is 5.96 Å². The van der Waals surface area contributed by atoms with Gasteiger partial charge in [-0.3, -0.25) is 5.43 Å². The van der Waals surface area contributed by atoms with E-state index in [1.807, 2.05) is 14.0 Å². The quantitative estimate of drug-likeness (QED) is 0.319. The van der Waals surface area contributed by atoms with Crippen molar-refractivity contribution in [1.29, 1.82) is 0 Å². The standard InChI is InChI=1S/C12H26N4O2/c1-10(9-17-3)14-12(15-13)16(2)8-11-4-6-18-7-5-11/h10-11H,4-9,13H2,1-3H3,(H,14,15). The van der Waals surface area contributed by atoms with Gasteiger partial charge in [-0.2, -0.15) is 0 Å². The van der Waals surface area contributed by atoms with Crippen molar-refractivity contribution in [2.24, 2.45) is 16.8 Å². The summed E-state index contributed by atoms with van der Waals surface area (Å²) < 4.78 is 10.4. The molecule has 0 aromatic heterocycles. The fourth-order valence-electron chi connectivity index (χ4n) is 2.14. The fraction of sp³-hybridized carbons (Fsp3) is 0.917. The molecule has 6 heteroatoms. The lowest BCUT2D eigenvalue weighted by Crippen LogP contribution is -2.46. The van der Waals surface area contributed by atoms with E-state index in [0.29, 0.717) is 18.5 Å². The van der Waals surface area contributed by atoms with Gasteiger partial charge in [0, 0.05) is 33.9 Å². The van der Waals surface area contributed by atoms with Gasteiger partial charge in [0.2, 0.25) is 5.96 Å². The van der Waals surface area contributed by atoms with Crippen LogP contribution in [0, 0.1) is 5.92 Å². The van der Waals surface area contributed by atoms with Gasteiger partial charge in [0.05, 0.1) is 12.6 Å². The van der Waals surface area contributed by atoms with E-state index in [-0.39, 0.29) is 6.04 Å². The van der Waals surface area contributed by atoms with Crippen LogP contribution in [0.2, 0.25) is 0 Å². The molecule has 0 spiro atoms. The number of guanidine groups is 1. The fourth-order valence-corrected chi connectivity index (χ4v) is 2.14. The van der Waals surface area contributed by atoms with E-state index in [2.05, 4.69) is 15.3 Å². The van der Waals surface area contributed by atoms with E-state index in [0.717, 1.165) is 32.6 Å². The molecule has 0 aromatic rings. The highest BCUT2D eigenvalue weighted by atomic mass is 16.5. The summed E-state index contributed by atoms with van der Waals surface area (Å²) in [7, 11) is 3.68. The lowest BCUT2D eigenvalue weighted by molar-refractivity contribution is 0.0609. The molecule has 1 aliphatic heterocycles. The molecule has 1 heterocycles. The predicted octanol–water partition coefficient (Wildman–Crippen LogP) is 0.199. The summed E-state index contributed by atoms with van der Waals surface area (Å²) in [6.45, 7) is 5.27. The average Bonchev–Trinajstić information content (AvgIpc) is 2.37. The van der Waals surface area contributed by atoms with Crippen LogP contribution >= 0.6 is 0 Å².